The Morgan fingerprint density at radius 1 is 1.47 bits per heavy atom. The number of amides is 1. The van der Waals surface area contributed by atoms with E-state index in [1.165, 1.54) is 0 Å². The number of hydrogen-bond donors (Lipinski definition) is 0. The topological polar surface area (TPSA) is 29.5 Å². The van der Waals surface area contributed by atoms with Gasteiger partial charge in [0.05, 0.1) is 6.10 Å². The fourth-order valence-electron chi connectivity index (χ4n) is 2.67. The number of rotatable bonds is 1. The van der Waals surface area contributed by atoms with E-state index in [1.807, 2.05) is 31.3 Å². The van der Waals surface area contributed by atoms with Crippen molar-refractivity contribution in [1.29, 1.82) is 0 Å². The second-order valence-electron chi connectivity index (χ2n) is 5.09. The quantitative estimate of drug-likeness (QED) is 0.739. The average molecular weight is 278 g/mol. The van der Waals surface area contributed by atoms with Crippen LogP contribution in [0.15, 0.2) is 24.3 Å². The van der Waals surface area contributed by atoms with Gasteiger partial charge in [-0.2, -0.15) is 0 Å². The maximum Gasteiger partial charge on any atom is 0.254 e. The van der Waals surface area contributed by atoms with Crippen molar-refractivity contribution >= 4 is 23.1 Å². The number of halogens is 1. The summed E-state index contributed by atoms with van der Waals surface area (Å²) in [6, 6.07) is 5.74. The van der Waals surface area contributed by atoms with E-state index in [0.29, 0.717) is 11.6 Å². The van der Waals surface area contributed by atoms with E-state index >= 15 is 0 Å². The lowest BCUT2D eigenvalue weighted by molar-refractivity contribution is -0.124. The van der Waals surface area contributed by atoms with Crippen LogP contribution >= 0.6 is 11.6 Å². The molecule has 4 heteroatoms. The molecule has 100 valence electrons. The summed E-state index contributed by atoms with van der Waals surface area (Å²) in [7, 11) is 1.82. The van der Waals surface area contributed by atoms with Crippen LogP contribution in [0.3, 0.4) is 0 Å². The Hall–Kier alpha value is -1.32. The highest BCUT2D eigenvalue weighted by atomic mass is 35.5. The lowest BCUT2D eigenvalue weighted by atomic mass is 9.93. The van der Waals surface area contributed by atoms with Crippen LogP contribution < -0.4 is 0 Å². The van der Waals surface area contributed by atoms with Crippen LogP contribution in [0.2, 0.25) is 5.02 Å². The minimum Gasteiger partial charge on any atom is -0.374 e. The summed E-state index contributed by atoms with van der Waals surface area (Å²) >= 11 is 6.06. The van der Waals surface area contributed by atoms with Crippen LogP contribution in [-0.2, 0) is 16.1 Å². The van der Waals surface area contributed by atoms with Gasteiger partial charge in [0.25, 0.3) is 5.91 Å². The summed E-state index contributed by atoms with van der Waals surface area (Å²) in [6.07, 6.45) is 4.05. The first-order valence-electron chi connectivity index (χ1n) is 6.53. The van der Waals surface area contributed by atoms with Crippen molar-refractivity contribution in [3.8, 4) is 0 Å². The van der Waals surface area contributed by atoms with Crippen molar-refractivity contribution in [2.75, 3.05) is 13.7 Å². The number of carbonyl (C=O) groups excluding carboxylic acids is 1. The fourth-order valence-corrected chi connectivity index (χ4v) is 2.84. The van der Waals surface area contributed by atoms with E-state index in [9.17, 15) is 4.79 Å². The van der Waals surface area contributed by atoms with Crippen molar-refractivity contribution in [3.63, 3.8) is 0 Å². The van der Waals surface area contributed by atoms with Gasteiger partial charge >= 0.3 is 0 Å². The van der Waals surface area contributed by atoms with E-state index in [4.69, 9.17) is 16.3 Å². The molecule has 1 aromatic rings. The van der Waals surface area contributed by atoms with Crippen molar-refractivity contribution in [3.05, 3.63) is 40.4 Å². The lowest BCUT2D eigenvalue weighted by Gasteiger charge is -2.27. The average Bonchev–Trinajstić information content (AvgIpc) is 2.89. The molecule has 1 aromatic carbocycles. The summed E-state index contributed by atoms with van der Waals surface area (Å²) in [5, 5.41) is 0.661. The molecule has 1 saturated heterocycles. The Morgan fingerprint density at radius 3 is 3.05 bits per heavy atom. The molecule has 0 N–H and O–H groups in total. The Bertz CT molecular complexity index is 547. The Labute approximate surface area is 117 Å². The zero-order valence-corrected chi connectivity index (χ0v) is 11.6. The number of ether oxygens (including phenoxy) is 1. The van der Waals surface area contributed by atoms with Gasteiger partial charge in [0.1, 0.15) is 0 Å². The van der Waals surface area contributed by atoms with Crippen LogP contribution in [0.5, 0.6) is 0 Å². The molecular formula is C15H16ClNO2. The Balaban J connectivity index is 2.06. The number of fused-ring (bicyclic) bond motifs is 1. The second kappa shape index (κ2) is 4.99. The molecule has 0 aliphatic carbocycles. The number of benzene rings is 1. The van der Waals surface area contributed by atoms with Crippen molar-refractivity contribution < 1.29 is 9.53 Å². The van der Waals surface area contributed by atoms with Gasteiger partial charge in [-0.05, 0) is 42.2 Å². The number of hydrogen-bond acceptors (Lipinski definition) is 2. The molecule has 0 spiro atoms. The molecule has 19 heavy (non-hydrogen) atoms. The van der Waals surface area contributed by atoms with Crippen LogP contribution in [-0.4, -0.2) is 30.6 Å². The zero-order valence-electron chi connectivity index (χ0n) is 10.9. The van der Waals surface area contributed by atoms with Crippen LogP contribution in [0.4, 0.5) is 0 Å². The SMILES string of the molecule is CN1Cc2ccc(Cl)cc2/C(=C\C2CCCO2)C1=O. The smallest absolute Gasteiger partial charge is 0.254 e. The first-order chi connectivity index (χ1) is 9.15. The molecule has 1 unspecified atom stereocenters. The molecule has 2 aliphatic heterocycles. The summed E-state index contributed by atoms with van der Waals surface area (Å²) in [6.45, 7) is 1.41. The van der Waals surface area contributed by atoms with Crippen molar-refractivity contribution in [1.82, 2.24) is 4.90 Å². The van der Waals surface area contributed by atoms with E-state index < -0.39 is 0 Å². The van der Waals surface area contributed by atoms with Crippen LogP contribution in [0.25, 0.3) is 5.57 Å². The molecular weight excluding hydrogens is 262 g/mol. The van der Waals surface area contributed by atoms with Gasteiger partial charge in [0, 0.05) is 30.8 Å². The van der Waals surface area contributed by atoms with Crippen molar-refractivity contribution in [2.45, 2.75) is 25.5 Å². The first-order valence-corrected chi connectivity index (χ1v) is 6.90. The van der Waals surface area contributed by atoms with Crippen LogP contribution in [0, 0.1) is 0 Å². The summed E-state index contributed by atoms with van der Waals surface area (Å²) < 4.78 is 5.60. The maximum atomic E-state index is 12.3. The van der Waals surface area contributed by atoms with Gasteiger partial charge < -0.3 is 9.64 Å². The number of carbonyl (C=O) groups is 1. The molecule has 0 aromatic heterocycles. The van der Waals surface area contributed by atoms with E-state index in [2.05, 4.69) is 0 Å². The number of likely N-dealkylation sites (N-methyl/N-ethyl adjacent to an activating group) is 1. The van der Waals surface area contributed by atoms with Crippen LogP contribution in [0.1, 0.15) is 24.0 Å². The maximum absolute atomic E-state index is 12.3. The standard InChI is InChI=1S/C15H16ClNO2/c1-17-9-10-4-5-11(16)7-13(10)14(15(17)18)8-12-3-2-6-19-12/h4-5,7-8,12H,2-3,6,9H2,1H3/b14-8+. The normalized spacial score (nSPS) is 24.9. The van der Waals surface area contributed by atoms with Gasteiger partial charge in [-0.25, -0.2) is 0 Å². The highest BCUT2D eigenvalue weighted by Crippen LogP contribution is 2.31. The van der Waals surface area contributed by atoms with Gasteiger partial charge in [-0.1, -0.05) is 17.7 Å². The van der Waals surface area contributed by atoms with E-state index in [1.54, 1.807) is 4.90 Å². The van der Waals surface area contributed by atoms with E-state index in [0.717, 1.165) is 36.1 Å². The third-order valence-corrected chi connectivity index (χ3v) is 3.90. The molecule has 0 bridgehead atoms. The van der Waals surface area contributed by atoms with Gasteiger partial charge in [0.15, 0.2) is 0 Å². The van der Waals surface area contributed by atoms with Crippen molar-refractivity contribution in [2.24, 2.45) is 0 Å². The molecule has 1 atom stereocenters. The molecule has 3 nitrogen and oxygen atoms in total. The summed E-state index contributed by atoms with van der Waals surface area (Å²) in [5.74, 6) is 0.0465. The molecule has 1 amide bonds. The monoisotopic (exact) mass is 277 g/mol. The van der Waals surface area contributed by atoms with Gasteiger partial charge in [-0.3, -0.25) is 4.79 Å². The first kappa shape index (κ1) is 12.7. The fraction of sp³-hybridized carbons (Fsp3) is 0.400. The number of nitrogens with zero attached hydrogens (tertiary/aromatic N) is 1. The molecule has 2 heterocycles. The molecule has 2 aliphatic rings. The third-order valence-electron chi connectivity index (χ3n) is 3.66. The predicted molar refractivity (Wildman–Crippen MR) is 74.9 cm³/mol. The lowest BCUT2D eigenvalue weighted by Crippen LogP contribution is -2.32. The molecule has 0 saturated carbocycles. The van der Waals surface area contributed by atoms with Gasteiger partial charge in [0.2, 0.25) is 0 Å². The zero-order chi connectivity index (χ0) is 13.4. The molecule has 3 rings (SSSR count). The second-order valence-corrected chi connectivity index (χ2v) is 5.53. The Kier molecular flexibility index (Phi) is 3.33. The highest BCUT2D eigenvalue weighted by Gasteiger charge is 2.27. The predicted octanol–water partition coefficient (Wildman–Crippen LogP) is 2.87. The molecule has 1 fully saturated rings. The summed E-state index contributed by atoms with van der Waals surface area (Å²) in [5.41, 5.74) is 2.81. The Morgan fingerprint density at radius 2 is 2.32 bits per heavy atom. The molecule has 0 radical (unpaired) electrons. The minimum absolute atomic E-state index is 0.0465. The summed E-state index contributed by atoms with van der Waals surface area (Å²) in [4.78, 5) is 14.1. The minimum atomic E-state index is 0.0465. The third kappa shape index (κ3) is 2.40. The highest BCUT2D eigenvalue weighted by molar-refractivity contribution is 6.31. The largest absolute Gasteiger partial charge is 0.374 e. The van der Waals surface area contributed by atoms with E-state index in [-0.39, 0.29) is 12.0 Å². The van der Waals surface area contributed by atoms with Gasteiger partial charge in [-0.15, -0.1) is 0 Å².